The number of rotatable bonds is 0. The molecule has 0 amide bonds. The van der Waals surface area contributed by atoms with Crippen LogP contribution < -0.4 is 5.56 Å². The summed E-state index contributed by atoms with van der Waals surface area (Å²) < 4.78 is 37.5. The first-order chi connectivity index (χ1) is 6.98. The minimum absolute atomic E-state index is 0.0809. The SMILES string of the molecule is O=c1cnc2c(C(F)(F)F)cccc2[nH]1. The molecule has 0 saturated heterocycles. The number of aromatic nitrogens is 2. The van der Waals surface area contributed by atoms with Crippen molar-refractivity contribution in [3.63, 3.8) is 0 Å². The number of H-pyrrole nitrogens is 1. The van der Waals surface area contributed by atoms with Crippen LogP contribution in [0.15, 0.2) is 29.2 Å². The first-order valence-corrected chi connectivity index (χ1v) is 4.04. The van der Waals surface area contributed by atoms with Crippen LogP contribution >= 0.6 is 0 Å². The van der Waals surface area contributed by atoms with Gasteiger partial charge in [0.05, 0.1) is 22.8 Å². The number of alkyl halides is 3. The van der Waals surface area contributed by atoms with Crippen molar-refractivity contribution in [1.82, 2.24) is 9.97 Å². The number of benzene rings is 1. The van der Waals surface area contributed by atoms with Gasteiger partial charge in [0.25, 0.3) is 5.56 Å². The lowest BCUT2D eigenvalue weighted by atomic mass is 10.1. The van der Waals surface area contributed by atoms with Crippen molar-refractivity contribution in [2.24, 2.45) is 0 Å². The highest BCUT2D eigenvalue weighted by Crippen LogP contribution is 2.32. The van der Waals surface area contributed by atoms with Gasteiger partial charge in [-0.15, -0.1) is 0 Å². The summed E-state index contributed by atoms with van der Waals surface area (Å²) in [5, 5.41) is 0. The Morgan fingerprint density at radius 1 is 1.27 bits per heavy atom. The molecule has 1 aromatic heterocycles. The Morgan fingerprint density at radius 3 is 2.67 bits per heavy atom. The van der Waals surface area contributed by atoms with E-state index in [0.29, 0.717) is 0 Å². The summed E-state index contributed by atoms with van der Waals surface area (Å²) in [5.74, 6) is 0. The van der Waals surface area contributed by atoms with Gasteiger partial charge in [-0.05, 0) is 12.1 Å². The van der Waals surface area contributed by atoms with Crippen LogP contribution in [-0.4, -0.2) is 9.97 Å². The fourth-order valence-electron chi connectivity index (χ4n) is 1.30. The van der Waals surface area contributed by atoms with E-state index in [-0.39, 0.29) is 11.0 Å². The zero-order valence-electron chi connectivity index (χ0n) is 7.30. The first-order valence-electron chi connectivity index (χ1n) is 4.04. The molecule has 1 heterocycles. The normalized spacial score (nSPS) is 11.9. The molecule has 0 saturated carbocycles. The maximum atomic E-state index is 12.5. The lowest BCUT2D eigenvalue weighted by Crippen LogP contribution is -2.10. The third-order valence-electron chi connectivity index (χ3n) is 1.91. The van der Waals surface area contributed by atoms with Gasteiger partial charge >= 0.3 is 6.18 Å². The molecular formula is C9H5F3N2O. The Hall–Kier alpha value is -1.85. The maximum absolute atomic E-state index is 12.5. The Kier molecular flexibility index (Phi) is 1.99. The van der Waals surface area contributed by atoms with Crippen molar-refractivity contribution in [3.8, 4) is 0 Å². The van der Waals surface area contributed by atoms with Gasteiger partial charge in [0.2, 0.25) is 0 Å². The number of halogens is 3. The molecule has 0 aliphatic rings. The highest BCUT2D eigenvalue weighted by Gasteiger charge is 2.33. The molecule has 0 fully saturated rings. The van der Waals surface area contributed by atoms with E-state index in [2.05, 4.69) is 9.97 Å². The number of aromatic amines is 1. The largest absolute Gasteiger partial charge is 0.418 e. The average molecular weight is 214 g/mol. The molecule has 1 aromatic carbocycles. The summed E-state index contributed by atoms with van der Waals surface area (Å²) in [6, 6.07) is 3.52. The first kappa shape index (κ1) is 9.70. The number of nitrogens with zero attached hydrogens (tertiary/aromatic N) is 1. The molecule has 0 unspecified atom stereocenters. The van der Waals surface area contributed by atoms with Gasteiger partial charge < -0.3 is 4.98 Å². The van der Waals surface area contributed by atoms with Crippen LogP contribution in [0.4, 0.5) is 13.2 Å². The Labute approximate surface area is 81.6 Å². The molecule has 0 radical (unpaired) electrons. The molecule has 0 bridgehead atoms. The summed E-state index contributed by atoms with van der Waals surface area (Å²) in [5.41, 5.74) is -1.54. The van der Waals surface area contributed by atoms with Crippen molar-refractivity contribution < 1.29 is 13.2 Å². The Bertz CT molecular complexity index is 559. The third-order valence-corrected chi connectivity index (χ3v) is 1.91. The van der Waals surface area contributed by atoms with Crippen molar-refractivity contribution in [2.45, 2.75) is 6.18 Å². The molecule has 78 valence electrons. The highest BCUT2D eigenvalue weighted by atomic mass is 19.4. The van der Waals surface area contributed by atoms with Gasteiger partial charge in [-0.3, -0.25) is 4.79 Å². The Morgan fingerprint density at radius 2 is 2.00 bits per heavy atom. The van der Waals surface area contributed by atoms with Crippen molar-refractivity contribution >= 4 is 11.0 Å². The monoisotopic (exact) mass is 214 g/mol. The zero-order valence-corrected chi connectivity index (χ0v) is 7.30. The van der Waals surface area contributed by atoms with Crippen molar-refractivity contribution in [1.29, 1.82) is 0 Å². The second-order valence-corrected chi connectivity index (χ2v) is 2.95. The van der Waals surface area contributed by atoms with Crippen LogP contribution in [-0.2, 0) is 6.18 Å². The van der Waals surface area contributed by atoms with E-state index in [1.807, 2.05) is 0 Å². The van der Waals surface area contributed by atoms with E-state index in [4.69, 9.17) is 0 Å². The summed E-state index contributed by atoms with van der Waals surface area (Å²) in [6.07, 6.45) is -3.64. The van der Waals surface area contributed by atoms with E-state index in [1.54, 1.807) is 0 Å². The number of hydrogen-bond acceptors (Lipinski definition) is 2. The smallest absolute Gasteiger partial charge is 0.319 e. The van der Waals surface area contributed by atoms with Gasteiger partial charge in [0.15, 0.2) is 0 Å². The average Bonchev–Trinajstić information content (AvgIpc) is 2.15. The molecule has 0 aliphatic carbocycles. The van der Waals surface area contributed by atoms with Crippen LogP contribution in [0.3, 0.4) is 0 Å². The second-order valence-electron chi connectivity index (χ2n) is 2.95. The summed E-state index contributed by atoms with van der Waals surface area (Å²) >= 11 is 0. The molecular weight excluding hydrogens is 209 g/mol. The molecule has 2 aromatic rings. The predicted molar refractivity (Wildman–Crippen MR) is 47.4 cm³/mol. The molecule has 0 atom stereocenters. The van der Waals surface area contributed by atoms with Crippen LogP contribution in [0.5, 0.6) is 0 Å². The van der Waals surface area contributed by atoms with E-state index >= 15 is 0 Å². The summed E-state index contributed by atoms with van der Waals surface area (Å²) in [4.78, 5) is 16.6. The minimum Gasteiger partial charge on any atom is -0.319 e. The van der Waals surface area contributed by atoms with E-state index in [0.717, 1.165) is 12.3 Å². The van der Waals surface area contributed by atoms with Crippen LogP contribution in [0.1, 0.15) is 5.56 Å². The number of hydrogen-bond donors (Lipinski definition) is 1. The minimum atomic E-state index is -4.47. The quantitative estimate of drug-likeness (QED) is 0.728. The Balaban J connectivity index is 2.83. The maximum Gasteiger partial charge on any atom is 0.418 e. The molecule has 15 heavy (non-hydrogen) atoms. The predicted octanol–water partition coefficient (Wildman–Crippen LogP) is 1.94. The van der Waals surface area contributed by atoms with Crippen LogP contribution in [0.25, 0.3) is 11.0 Å². The van der Waals surface area contributed by atoms with Crippen molar-refractivity contribution in [3.05, 3.63) is 40.3 Å². The fraction of sp³-hybridized carbons (Fsp3) is 0.111. The molecule has 3 nitrogen and oxygen atoms in total. The van der Waals surface area contributed by atoms with Crippen molar-refractivity contribution in [2.75, 3.05) is 0 Å². The van der Waals surface area contributed by atoms with Gasteiger partial charge in [-0.2, -0.15) is 13.2 Å². The topological polar surface area (TPSA) is 45.8 Å². The molecule has 1 N–H and O–H groups in total. The highest BCUT2D eigenvalue weighted by molar-refractivity contribution is 5.77. The number of nitrogens with one attached hydrogen (secondary N) is 1. The number of fused-ring (bicyclic) bond motifs is 1. The zero-order chi connectivity index (χ0) is 11.1. The lowest BCUT2D eigenvalue weighted by Gasteiger charge is -2.08. The van der Waals surface area contributed by atoms with E-state index in [9.17, 15) is 18.0 Å². The van der Waals surface area contributed by atoms with E-state index < -0.39 is 17.3 Å². The van der Waals surface area contributed by atoms with Gasteiger partial charge in [-0.1, -0.05) is 6.07 Å². The lowest BCUT2D eigenvalue weighted by molar-refractivity contribution is -0.136. The van der Waals surface area contributed by atoms with Gasteiger partial charge in [-0.25, -0.2) is 4.98 Å². The molecule has 0 spiro atoms. The molecule has 2 rings (SSSR count). The third kappa shape index (κ3) is 1.70. The summed E-state index contributed by atoms with van der Waals surface area (Å²) in [6.45, 7) is 0. The molecule has 0 aliphatic heterocycles. The van der Waals surface area contributed by atoms with Crippen LogP contribution in [0.2, 0.25) is 0 Å². The fourth-order valence-corrected chi connectivity index (χ4v) is 1.30. The number of para-hydroxylation sites is 1. The standard InChI is InChI=1S/C9H5F3N2O/c10-9(11,12)5-2-1-3-6-8(5)13-4-7(15)14-6/h1-4H,(H,14,15). The van der Waals surface area contributed by atoms with E-state index in [1.165, 1.54) is 12.1 Å². The van der Waals surface area contributed by atoms with Gasteiger partial charge in [0, 0.05) is 0 Å². The molecule has 6 heteroatoms. The van der Waals surface area contributed by atoms with Gasteiger partial charge in [0.1, 0.15) is 0 Å². The van der Waals surface area contributed by atoms with Crippen LogP contribution in [0, 0.1) is 0 Å². The second kappa shape index (κ2) is 3.08. The summed E-state index contributed by atoms with van der Waals surface area (Å²) in [7, 11) is 0.